The number of anilines is 1. The van der Waals surface area contributed by atoms with Crippen LogP contribution in [0.3, 0.4) is 0 Å². The van der Waals surface area contributed by atoms with Gasteiger partial charge in [-0.15, -0.1) is 0 Å². The van der Waals surface area contributed by atoms with Gasteiger partial charge >= 0.3 is 6.03 Å². The number of nitrogens with zero attached hydrogens (tertiary/aromatic N) is 1. The van der Waals surface area contributed by atoms with E-state index in [1.807, 2.05) is 31.2 Å². The minimum Gasteiger partial charge on any atom is -0.335 e. The van der Waals surface area contributed by atoms with Crippen LogP contribution < -0.4 is 10.6 Å². The van der Waals surface area contributed by atoms with E-state index in [0.717, 1.165) is 37.9 Å². The van der Waals surface area contributed by atoms with Crippen molar-refractivity contribution in [1.29, 1.82) is 0 Å². The molecule has 1 aromatic rings. The maximum atomic E-state index is 12.4. The van der Waals surface area contributed by atoms with Gasteiger partial charge in [0.1, 0.15) is 0 Å². The monoisotopic (exact) mass is 301 g/mol. The van der Waals surface area contributed by atoms with E-state index in [1.165, 1.54) is 5.56 Å². The first-order valence-corrected chi connectivity index (χ1v) is 8.05. The van der Waals surface area contributed by atoms with Crippen molar-refractivity contribution >= 4 is 17.6 Å². The van der Waals surface area contributed by atoms with Crippen LogP contribution in [0.25, 0.3) is 0 Å². The van der Waals surface area contributed by atoms with Crippen molar-refractivity contribution in [2.75, 3.05) is 18.4 Å². The van der Waals surface area contributed by atoms with Gasteiger partial charge in [0.25, 0.3) is 0 Å². The Hall–Kier alpha value is -2.04. The summed E-state index contributed by atoms with van der Waals surface area (Å²) >= 11 is 0. The van der Waals surface area contributed by atoms with Gasteiger partial charge in [-0.2, -0.15) is 0 Å². The molecule has 5 heteroatoms. The molecule has 0 bridgehead atoms. The number of benzene rings is 1. The molecule has 1 aromatic carbocycles. The molecule has 1 atom stereocenters. The number of likely N-dealkylation sites (tertiary alicyclic amines) is 1. The summed E-state index contributed by atoms with van der Waals surface area (Å²) in [5, 5.41) is 5.95. The lowest BCUT2D eigenvalue weighted by Gasteiger charge is -2.32. The van der Waals surface area contributed by atoms with E-state index in [-0.39, 0.29) is 17.9 Å². The summed E-state index contributed by atoms with van der Waals surface area (Å²) in [4.78, 5) is 26.3. The second-order valence-corrected chi connectivity index (χ2v) is 6.36. The van der Waals surface area contributed by atoms with Crippen molar-refractivity contribution < 1.29 is 9.59 Å². The molecule has 0 radical (unpaired) electrons. The molecule has 1 saturated heterocycles. The number of carbonyl (C=O) groups excluding carboxylic acids is 2. The molecule has 2 fully saturated rings. The van der Waals surface area contributed by atoms with Crippen molar-refractivity contribution in [3.8, 4) is 0 Å². The number of amides is 3. The molecule has 2 aliphatic rings. The van der Waals surface area contributed by atoms with Gasteiger partial charge in [0.15, 0.2) is 0 Å². The van der Waals surface area contributed by atoms with Gasteiger partial charge in [0.2, 0.25) is 5.91 Å². The smallest absolute Gasteiger partial charge is 0.317 e. The summed E-state index contributed by atoms with van der Waals surface area (Å²) in [5.41, 5.74) is 1.98. The first kappa shape index (κ1) is 14.9. The van der Waals surface area contributed by atoms with Crippen molar-refractivity contribution in [2.24, 2.45) is 5.92 Å². The molecule has 1 aliphatic heterocycles. The highest BCUT2D eigenvalue weighted by Crippen LogP contribution is 2.22. The van der Waals surface area contributed by atoms with Crippen LogP contribution in [0.4, 0.5) is 10.5 Å². The highest BCUT2D eigenvalue weighted by atomic mass is 16.2. The number of hydrogen-bond donors (Lipinski definition) is 2. The molecule has 3 rings (SSSR count). The molecule has 1 saturated carbocycles. The molecular weight excluding hydrogens is 278 g/mol. The topological polar surface area (TPSA) is 61.4 Å². The molecule has 2 N–H and O–H groups in total. The van der Waals surface area contributed by atoms with Gasteiger partial charge < -0.3 is 15.5 Å². The summed E-state index contributed by atoms with van der Waals surface area (Å²) in [5.74, 6) is -0.118. The predicted molar refractivity (Wildman–Crippen MR) is 85.7 cm³/mol. The third-order valence-corrected chi connectivity index (χ3v) is 4.30. The summed E-state index contributed by atoms with van der Waals surface area (Å²) in [6.07, 6.45) is 3.88. The quantitative estimate of drug-likeness (QED) is 0.901. The van der Waals surface area contributed by atoms with Crippen LogP contribution in [0.15, 0.2) is 24.3 Å². The summed E-state index contributed by atoms with van der Waals surface area (Å²) in [7, 11) is 0. The molecular formula is C17H23N3O2. The number of piperidine rings is 1. The molecule has 0 aromatic heterocycles. The zero-order valence-electron chi connectivity index (χ0n) is 13.0. The lowest BCUT2D eigenvalue weighted by molar-refractivity contribution is -0.121. The second-order valence-electron chi connectivity index (χ2n) is 6.36. The molecule has 1 aliphatic carbocycles. The van der Waals surface area contributed by atoms with Crippen molar-refractivity contribution in [3.05, 3.63) is 29.8 Å². The molecule has 0 spiro atoms. The number of rotatable bonds is 3. The Labute approximate surface area is 131 Å². The third kappa shape index (κ3) is 3.78. The van der Waals surface area contributed by atoms with Gasteiger partial charge in [0, 0.05) is 24.8 Å². The molecule has 1 heterocycles. The average Bonchev–Trinajstić information content (AvgIpc) is 3.33. The van der Waals surface area contributed by atoms with Crippen LogP contribution in [0.5, 0.6) is 0 Å². The zero-order valence-corrected chi connectivity index (χ0v) is 13.0. The van der Waals surface area contributed by atoms with Crippen LogP contribution in [0.1, 0.15) is 31.2 Å². The third-order valence-electron chi connectivity index (χ3n) is 4.30. The number of urea groups is 1. The summed E-state index contributed by atoms with van der Waals surface area (Å²) in [6.45, 7) is 3.27. The van der Waals surface area contributed by atoms with Gasteiger partial charge in [-0.3, -0.25) is 4.79 Å². The van der Waals surface area contributed by atoms with Crippen LogP contribution in [0, 0.1) is 12.8 Å². The molecule has 5 nitrogen and oxygen atoms in total. The van der Waals surface area contributed by atoms with E-state index in [1.54, 1.807) is 4.90 Å². The Bertz CT molecular complexity index is 552. The SMILES string of the molecule is Cc1ccc(NC(=O)C2CCCN(C(=O)NC3CC3)C2)cc1. The fourth-order valence-corrected chi connectivity index (χ4v) is 2.75. The van der Waals surface area contributed by atoms with Crippen molar-refractivity contribution in [2.45, 2.75) is 38.6 Å². The first-order chi connectivity index (χ1) is 10.6. The summed E-state index contributed by atoms with van der Waals surface area (Å²) < 4.78 is 0. The van der Waals surface area contributed by atoms with Crippen LogP contribution in [0.2, 0.25) is 0 Å². The predicted octanol–water partition coefficient (Wildman–Crippen LogP) is 2.52. The lowest BCUT2D eigenvalue weighted by Crippen LogP contribution is -2.48. The largest absolute Gasteiger partial charge is 0.335 e. The highest BCUT2D eigenvalue weighted by Gasteiger charge is 2.31. The van der Waals surface area contributed by atoms with E-state index >= 15 is 0 Å². The number of hydrogen-bond acceptors (Lipinski definition) is 2. The minimum atomic E-state index is -0.125. The number of aryl methyl sites for hydroxylation is 1. The fraction of sp³-hybridized carbons (Fsp3) is 0.529. The van der Waals surface area contributed by atoms with E-state index < -0.39 is 0 Å². The highest BCUT2D eigenvalue weighted by molar-refractivity contribution is 5.93. The van der Waals surface area contributed by atoms with Crippen LogP contribution in [-0.2, 0) is 4.79 Å². The van der Waals surface area contributed by atoms with Gasteiger partial charge in [-0.25, -0.2) is 4.79 Å². The van der Waals surface area contributed by atoms with Crippen LogP contribution >= 0.6 is 0 Å². The molecule has 1 unspecified atom stereocenters. The molecule has 22 heavy (non-hydrogen) atoms. The van der Waals surface area contributed by atoms with Gasteiger partial charge in [-0.1, -0.05) is 17.7 Å². The lowest BCUT2D eigenvalue weighted by atomic mass is 9.97. The van der Waals surface area contributed by atoms with Gasteiger partial charge in [-0.05, 0) is 44.7 Å². The molecule has 3 amide bonds. The van der Waals surface area contributed by atoms with Crippen molar-refractivity contribution in [1.82, 2.24) is 10.2 Å². The fourth-order valence-electron chi connectivity index (χ4n) is 2.75. The maximum Gasteiger partial charge on any atom is 0.317 e. The number of carbonyl (C=O) groups is 2. The molecule has 118 valence electrons. The average molecular weight is 301 g/mol. The standard InChI is InChI=1S/C17H23N3O2/c1-12-4-6-14(7-5-12)18-16(21)13-3-2-10-20(11-13)17(22)19-15-8-9-15/h4-7,13,15H,2-3,8-11H2,1H3,(H,18,21)(H,19,22). The Morgan fingerprint density at radius 3 is 2.55 bits per heavy atom. The first-order valence-electron chi connectivity index (χ1n) is 8.05. The summed E-state index contributed by atoms with van der Waals surface area (Å²) in [6, 6.07) is 8.11. The zero-order chi connectivity index (χ0) is 15.5. The Kier molecular flexibility index (Phi) is 4.32. The van der Waals surface area contributed by atoms with E-state index in [9.17, 15) is 9.59 Å². The minimum absolute atomic E-state index is 0.00720. The van der Waals surface area contributed by atoms with Gasteiger partial charge in [0.05, 0.1) is 5.92 Å². The normalized spacial score (nSPS) is 21.3. The maximum absolute atomic E-state index is 12.4. The van der Waals surface area contributed by atoms with E-state index in [4.69, 9.17) is 0 Å². The van der Waals surface area contributed by atoms with Crippen molar-refractivity contribution in [3.63, 3.8) is 0 Å². The second kappa shape index (κ2) is 6.38. The number of nitrogens with one attached hydrogen (secondary N) is 2. The van der Waals surface area contributed by atoms with Crippen LogP contribution in [-0.4, -0.2) is 36.0 Å². The van der Waals surface area contributed by atoms with E-state index in [2.05, 4.69) is 10.6 Å². The Balaban J connectivity index is 1.55. The van der Waals surface area contributed by atoms with E-state index in [0.29, 0.717) is 12.6 Å². The Morgan fingerprint density at radius 2 is 1.86 bits per heavy atom. The Morgan fingerprint density at radius 1 is 1.14 bits per heavy atom.